The zero-order valence-corrected chi connectivity index (χ0v) is 13.0. The van der Waals surface area contributed by atoms with Crippen LogP contribution >= 0.6 is 0 Å². The largest absolute Gasteiger partial charge is 0.441 e. The van der Waals surface area contributed by atoms with Crippen LogP contribution in [0.5, 0.6) is 0 Å². The quantitative estimate of drug-likeness (QED) is 0.333. The summed E-state index contributed by atoms with van der Waals surface area (Å²) < 4.78 is 10.6. The molecule has 1 aliphatic rings. The van der Waals surface area contributed by atoms with Gasteiger partial charge in [-0.05, 0) is 17.9 Å². The number of hydrogen-bond donors (Lipinski definition) is 1. The van der Waals surface area contributed by atoms with E-state index in [4.69, 9.17) is 9.16 Å². The highest BCUT2D eigenvalue weighted by molar-refractivity contribution is 6.27. The Hall–Kier alpha value is -0.883. The molecule has 0 bridgehead atoms. The van der Waals surface area contributed by atoms with Crippen molar-refractivity contribution in [2.45, 2.75) is 46.4 Å². The lowest BCUT2D eigenvalue weighted by molar-refractivity contribution is -0.168. The molecule has 1 rings (SSSR count). The van der Waals surface area contributed by atoms with Gasteiger partial charge in [0.05, 0.1) is 5.92 Å². The number of esters is 1. The maximum Gasteiger partial charge on any atom is 0.304 e. The molecule has 1 aliphatic heterocycles. The van der Waals surface area contributed by atoms with Gasteiger partial charge in [0.1, 0.15) is 0 Å². The van der Waals surface area contributed by atoms with E-state index >= 15 is 0 Å². The Morgan fingerprint density at radius 2 is 2.11 bits per heavy atom. The molecule has 0 spiro atoms. The number of β-lactam (4-membered cyclic amide) rings is 1. The van der Waals surface area contributed by atoms with Gasteiger partial charge in [-0.25, -0.2) is 0 Å². The Bertz CT molecular complexity index is 314. The maximum atomic E-state index is 11.3. The van der Waals surface area contributed by atoms with E-state index in [1.54, 1.807) is 0 Å². The van der Waals surface area contributed by atoms with Crippen molar-refractivity contribution in [1.29, 1.82) is 0 Å². The number of ether oxygens (including phenoxy) is 1. The fraction of sp³-hybridized carbons (Fsp3) is 0.833. The molecule has 18 heavy (non-hydrogen) atoms. The standard InChI is InChI=1S/C12H23NO4Si/c1-8(14)17-11-9(10(15)13-11)5-6-16-18-7-12(2,3)4/h9,11H,5-7,18H2,1-4H3,(H,13,15)/t9-,11+/m0/s1. The fourth-order valence-electron chi connectivity index (χ4n) is 1.65. The van der Waals surface area contributed by atoms with Gasteiger partial charge in [0.2, 0.25) is 5.91 Å². The first-order valence-electron chi connectivity index (χ1n) is 6.35. The van der Waals surface area contributed by atoms with Gasteiger partial charge >= 0.3 is 5.97 Å². The van der Waals surface area contributed by atoms with Crippen LogP contribution in [0, 0.1) is 11.3 Å². The molecule has 104 valence electrons. The fourth-order valence-corrected chi connectivity index (χ4v) is 2.78. The van der Waals surface area contributed by atoms with E-state index in [1.165, 1.54) is 6.92 Å². The van der Waals surface area contributed by atoms with Crippen molar-refractivity contribution in [3.05, 3.63) is 0 Å². The SMILES string of the molecule is CC(=O)O[C@H]1NC(=O)[C@@H]1CCO[SiH2]CC(C)(C)C. The van der Waals surface area contributed by atoms with E-state index in [1.807, 2.05) is 0 Å². The minimum atomic E-state index is -0.515. The Labute approximate surface area is 111 Å². The normalized spacial score (nSPS) is 23.9. The molecule has 0 aliphatic carbocycles. The van der Waals surface area contributed by atoms with E-state index in [9.17, 15) is 9.59 Å². The van der Waals surface area contributed by atoms with Gasteiger partial charge in [0, 0.05) is 13.5 Å². The third kappa shape index (κ3) is 5.18. The molecule has 5 nitrogen and oxygen atoms in total. The molecule has 6 heteroatoms. The first kappa shape index (κ1) is 15.2. The lowest BCUT2D eigenvalue weighted by atomic mass is 9.96. The van der Waals surface area contributed by atoms with Gasteiger partial charge in [0.25, 0.3) is 0 Å². The van der Waals surface area contributed by atoms with Crippen LogP contribution in [0.3, 0.4) is 0 Å². The molecular formula is C12H23NO4Si. The Kier molecular flexibility index (Phi) is 5.34. The number of nitrogens with one attached hydrogen (secondary N) is 1. The first-order valence-corrected chi connectivity index (χ1v) is 7.93. The lowest BCUT2D eigenvalue weighted by Gasteiger charge is -2.35. The van der Waals surface area contributed by atoms with Crippen LogP contribution in [0.4, 0.5) is 0 Å². The molecule has 2 atom stereocenters. The molecule has 0 aromatic heterocycles. The molecule has 1 saturated heterocycles. The maximum absolute atomic E-state index is 11.3. The van der Waals surface area contributed by atoms with Gasteiger partial charge in [-0.2, -0.15) is 0 Å². The van der Waals surface area contributed by atoms with Gasteiger partial charge in [0.15, 0.2) is 16.0 Å². The van der Waals surface area contributed by atoms with Crippen LogP contribution in [0.15, 0.2) is 0 Å². The van der Waals surface area contributed by atoms with Crippen molar-refractivity contribution in [3.8, 4) is 0 Å². The number of rotatable bonds is 6. The summed E-state index contributed by atoms with van der Waals surface area (Å²) in [5.74, 6) is -0.659. The van der Waals surface area contributed by atoms with Crippen LogP contribution in [0.2, 0.25) is 6.04 Å². The Morgan fingerprint density at radius 3 is 2.61 bits per heavy atom. The second-order valence-corrected chi connectivity index (χ2v) is 7.17. The first-order chi connectivity index (χ1) is 8.29. The van der Waals surface area contributed by atoms with Crippen molar-refractivity contribution in [1.82, 2.24) is 5.32 Å². The summed E-state index contributed by atoms with van der Waals surface area (Å²) in [7, 11) is -0.515. The van der Waals surface area contributed by atoms with Gasteiger partial charge in [-0.3, -0.25) is 9.59 Å². The smallest absolute Gasteiger partial charge is 0.304 e. The Balaban J connectivity index is 2.14. The molecule has 0 unspecified atom stereocenters. The number of amides is 1. The van der Waals surface area contributed by atoms with Gasteiger partial charge in [-0.15, -0.1) is 0 Å². The zero-order chi connectivity index (χ0) is 13.8. The van der Waals surface area contributed by atoms with E-state index in [0.29, 0.717) is 18.4 Å². The number of carbonyl (C=O) groups is 2. The number of hydrogen-bond acceptors (Lipinski definition) is 4. The van der Waals surface area contributed by atoms with Crippen LogP contribution in [0.1, 0.15) is 34.1 Å². The van der Waals surface area contributed by atoms with Crippen molar-refractivity contribution < 1.29 is 18.8 Å². The van der Waals surface area contributed by atoms with Crippen LogP contribution < -0.4 is 5.32 Å². The summed E-state index contributed by atoms with van der Waals surface area (Å²) in [5, 5.41) is 2.56. The molecule has 1 heterocycles. The molecule has 0 aromatic carbocycles. The lowest BCUT2D eigenvalue weighted by Crippen LogP contribution is -2.60. The van der Waals surface area contributed by atoms with Crippen molar-refractivity contribution >= 4 is 21.6 Å². The topological polar surface area (TPSA) is 64.6 Å². The predicted octanol–water partition coefficient (Wildman–Crippen LogP) is 0.576. The third-order valence-corrected chi connectivity index (χ3v) is 5.13. The highest BCUT2D eigenvalue weighted by atomic mass is 28.2. The monoisotopic (exact) mass is 273 g/mol. The molecule has 1 amide bonds. The van der Waals surface area contributed by atoms with Gasteiger partial charge in [-0.1, -0.05) is 20.8 Å². The molecule has 0 radical (unpaired) electrons. The average molecular weight is 273 g/mol. The van der Waals surface area contributed by atoms with E-state index in [2.05, 4.69) is 26.1 Å². The van der Waals surface area contributed by atoms with Crippen LogP contribution in [-0.2, 0) is 18.8 Å². The van der Waals surface area contributed by atoms with E-state index in [0.717, 1.165) is 6.04 Å². The average Bonchev–Trinajstić information content (AvgIpc) is 2.20. The zero-order valence-electron chi connectivity index (χ0n) is 11.6. The van der Waals surface area contributed by atoms with Crippen LogP contribution in [0.25, 0.3) is 0 Å². The molecule has 1 N–H and O–H groups in total. The summed E-state index contributed by atoms with van der Waals surface area (Å²) in [4.78, 5) is 22.1. The summed E-state index contributed by atoms with van der Waals surface area (Å²) in [6.45, 7) is 8.50. The second kappa shape index (κ2) is 6.33. The van der Waals surface area contributed by atoms with E-state index < -0.39 is 16.0 Å². The summed E-state index contributed by atoms with van der Waals surface area (Å²) in [6.07, 6.45) is 0.170. The summed E-state index contributed by atoms with van der Waals surface area (Å²) in [6, 6.07) is 1.12. The minimum absolute atomic E-state index is 0.0534. The highest BCUT2D eigenvalue weighted by Crippen LogP contribution is 2.21. The molecule has 1 fully saturated rings. The van der Waals surface area contributed by atoms with E-state index in [-0.39, 0.29) is 17.8 Å². The minimum Gasteiger partial charge on any atom is -0.441 e. The number of carbonyl (C=O) groups excluding carboxylic acids is 2. The predicted molar refractivity (Wildman–Crippen MR) is 70.6 cm³/mol. The van der Waals surface area contributed by atoms with Crippen molar-refractivity contribution in [2.24, 2.45) is 11.3 Å². The molecule has 0 saturated carbocycles. The van der Waals surface area contributed by atoms with Gasteiger partial charge < -0.3 is 14.5 Å². The summed E-state index contributed by atoms with van der Waals surface area (Å²) >= 11 is 0. The highest BCUT2D eigenvalue weighted by Gasteiger charge is 2.41. The van der Waals surface area contributed by atoms with Crippen molar-refractivity contribution in [2.75, 3.05) is 6.61 Å². The molecule has 0 aromatic rings. The Morgan fingerprint density at radius 1 is 1.44 bits per heavy atom. The third-order valence-electron chi connectivity index (χ3n) is 2.85. The molecular weight excluding hydrogens is 250 g/mol. The summed E-state index contributed by atoms with van der Waals surface area (Å²) in [5.41, 5.74) is 0.320. The van der Waals surface area contributed by atoms with Crippen molar-refractivity contribution in [3.63, 3.8) is 0 Å². The second-order valence-electron chi connectivity index (χ2n) is 5.86. The van der Waals surface area contributed by atoms with Crippen LogP contribution in [-0.4, -0.2) is 34.5 Å².